The highest BCUT2D eigenvalue weighted by molar-refractivity contribution is 6.34. The maximum Gasteiger partial charge on any atom is 0.269 e. The summed E-state index contributed by atoms with van der Waals surface area (Å²) >= 11 is 0. The Kier molecular flexibility index (Phi) is 2.19. The van der Waals surface area contributed by atoms with Gasteiger partial charge in [-0.1, -0.05) is 0 Å². The summed E-state index contributed by atoms with van der Waals surface area (Å²) in [6.45, 7) is 0. The van der Waals surface area contributed by atoms with Crippen LogP contribution < -0.4 is 4.90 Å². The van der Waals surface area contributed by atoms with Crippen LogP contribution in [0.5, 0.6) is 0 Å². The largest absolute Gasteiger partial charge is 0.272 e. The number of fused-ring (bicyclic) bond motifs is 1. The van der Waals surface area contributed by atoms with Crippen LogP contribution in [0.2, 0.25) is 0 Å². The second-order valence-electron chi connectivity index (χ2n) is 4.02. The molecule has 0 saturated heterocycles. The predicted molar refractivity (Wildman–Crippen MR) is 63.3 cm³/mol. The Morgan fingerprint density at radius 3 is 2.68 bits per heavy atom. The topological polar surface area (TPSA) is 91.9 Å². The fraction of sp³-hybridized carbons (Fsp3) is 0.0833. The van der Waals surface area contributed by atoms with Gasteiger partial charge in [-0.15, -0.1) is 0 Å². The molecule has 7 heteroatoms. The molecule has 3 rings (SSSR count). The van der Waals surface area contributed by atoms with Crippen molar-refractivity contribution in [3.05, 3.63) is 41.3 Å². The van der Waals surface area contributed by atoms with Crippen molar-refractivity contribution in [3.8, 4) is 6.07 Å². The summed E-state index contributed by atoms with van der Waals surface area (Å²) in [5.74, 6) is -0.947. The molecule has 2 amide bonds. The molecular formula is C12H7N5O2. The van der Waals surface area contributed by atoms with Crippen molar-refractivity contribution >= 4 is 17.6 Å². The smallest absolute Gasteiger partial charge is 0.269 e. The minimum Gasteiger partial charge on any atom is -0.272 e. The third-order valence-electron chi connectivity index (χ3n) is 2.83. The first-order chi connectivity index (χ1) is 9.13. The van der Waals surface area contributed by atoms with Crippen LogP contribution in [0.15, 0.2) is 24.7 Å². The molecule has 2 aromatic heterocycles. The first kappa shape index (κ1) is 11.1. The molecule has 0 saturated carbocycles. The Hall–Kier alpha value is -3.01. The van der Waals surface area contributed by atoms with Gasteiger partial charge < -0.3 is 0 Å². The maximum atomic E-state index is 12.2. The lowest BCUT2D eigenvalue weighted by Gasteiger charge is -2.10. The van der Waals surface area contributed by atoms with Crippen molar-refractivity contribution in [2.45, 2.75) is 0 Å². The molecule has 0 bridgehead atoms. The van der Waals surface area contributed by atoms with Gasteiger partial charge in [-0.05, 0) is 6.07 Å². The Morgan fingerprint density at radius 2 is 2.00 bits per heavy atom. The van der Waals surface area contributed by atoms with E-state index in [2.05, 4.69) is 10.1 Å². The van der Waals surface area contributed by atoms with Gasteiger partial charge in [0.25, 0.3) is 11.8 Å². The number of aryl methyl sites for hydroxylation is 1. The van der Waals surface area contributed by atoms with Crippen LogP contribution >= 0.6 is 0 Å². The SMILES string of the molecule is Cn1cc(C#N)c(N2C(=O)c3ccncc3C2=O)n1. The molecule has 0 aliphatic carbocycles. The summed E-state index contributed by atoms with van der Waals surface area (Å²) in [5.41, 5.74) is 0.668. The number of carbonyl (C=O) groups excluding carboxylic acids is 2. The zero-order valence-corrected chi connectivity index (χ0v) is 9.86. The zero-order valence-electron chi connectivity index (χ0n) is 9.86. The van der Waals surface area contributed by atoms with Crippen molar-refractivity contribution < 1.29 is 9.59 Å². The van der Waals surface area contributed by atoms with Gasteiger partial charge in [0.05, 0.1) is 11.1 Å². The minimum absolute atomic E-state index is 0.0520. The molecular weight excluding hydrogens is 246 g/mol. The number of pyridine rings is 1. The minimum atomic E-state index is -0.511. The summed E-state index contributed by atoms with van der Waals surface area (Å²) in [5, 5.41) is 13.0. The van der Waals surface area contributed by atoms with E-state index in [0.29, 0.717) is 0 Å². The second kappa shape index (κ2) is 3.74. The van der Waals surface area contributed by atoms with Crippen molar-refractivity contribution in [2.24, 2.45) is 7.05 Å². The van der Waals surface area contributed by atoms with Gasteiger partial charge in [0.1, 0.15) is 11.6 Å². The maximum absolute atomic E-state index is 12.2. The highest BCUT2D eigenvalue weighted by atomic mass is 16.2. The van der Waals surface area contributed by atoms with Crippen LogP contribution in [0.1, 0.15) is 26.3 Å². The molecule has 0 N–H and O–H groups in total. The molecule has 1 aliphatic heterocycles. The lowest BCUT2D eigenvalue weighted by atomic mass is 10.2. The van der Waals surface area contributed by atoms with Crippen LogP contribution in [-0.4, -0.2) is 26.6 Å². The quantitative estimate of drug-likeness (QED) is 0.689. The van der Waals surface area contributed by atoms with Gasteiger partial charge in [-0.3, -0.25) is 19.3 Å². The number of nitriles is 1. The molecule has 0 spiro atoms. The summed E-state index contributed by atoms with van der Waals surface area (Å²) < 4.78 is 1.38. The number of hydrogen-bond donors (Lipinski definition) is 0. The Balaban J connectivity index is 2.17. The van der Waals surface area contributed by atoms with E-state index < -0.39 is 11.8 Å². The molecule has 0 atom stereocenters. The van der Waals surface area contributed by atoms with Gasteiger partial charge in [0.2, 0.25) is 0 Å². The first-order valence-electron chi connectivity index (χ1n) is 5.40. The lowest BCUT2D eigenvalue weighted by Crippen LogP contribution is -2.30. The van der Waals surface area contributed by atoms with Crippen LogP contribution in [0.25, 0.3) is 0 Å². The van der Waals surface area contributed by atoms with E-state index in [-0.39, 0.29) is 22.5 Å². The third-order valence-corrected chi connectivity index (χ3v) is 2.83. The summed E-state index contributed by atoms with van der Waals surface area (Å²) in [4.78, 5) is 29.1. The first-order valence-corrected chi connectivity index (χ1v) is 5.40. The van der Waals surface area contributed by atoms with E-state index in [1.165, 1.54) is 29.3 Å². The van der Waals surface area contributed by atoms with Gasteiger partial charge >= 0.3 is 0 Å². The van der Waals surface area contributed by atoms with E-state index >= 15 is 0 Å². The predicted octanol–water partition coefficient (Wildman–Crippen LogP) is 0.487. The van der Waals surface area contributed by atoms with Gasteiger partial charge in [-0.2, -0.15) is 10.4 Å². The Bertz CT molecular complexity index is 721. The van der Waals surface area contributed by atoms with Crippen molar-refractivity contribution in [2.75, 3.05) is 4.90 Å². The molecule has 0 aromatic carbocycles. The average Bonchev–Trinajstić information content (AvgIpc) is 2.90. The number of hydrogen-bond acceptors (Lipinski definition) is 5. The van der Waals surface area contributed by atoms with Crippen LogP contribution in [-0.2, 0) is 7.05 Å². The molecule has 0 unspecified atom stereocenters. The number of rotatable bonds is 1. The molecule has 2 aromatic rings. The lowest BCUT2D eigenvalue weighted by molar-refractivity contribution is 0.0925. The fourth-order valence-corrected chi connectivity index (χ4v) is 2.00. The van der Waals surface area contributed by atoms with Crippen molar-refractivity contribution in [3.63, 3.8) is 0 Å². The monoisotopic (exact) mass is 253 g/mol. The summed E-state index contributed by atoms with van der Waals surface area (Å²) in [6, 6.07) is 3.39. The molecule has 92 valence electrons. The molecule has 0 radical (unpaired) electrons. The molecule has 19 heavy (non-hydrogen) atoms. The third kappa shape index (κ3) is 1.43. The fourth-order valence-electron chi connectivity index (χ4n) is 2.00. The number of aromatic nitrogens is 3. The van der Waals surface area contributed by atoms with Crippen LogP contribution in [0.4, 0.5) is 5.82 Å². The van der Waals surface area contributed by atoms with Crippen molar-refractivity contribution in [1.82, 2.24) is 14.8 Å². The molecule has 3 heterocycles. The van der Waals surface area contributed by atoms with Gasteiger partial charge in [-0.25, -0.2) is 4.90 Å². The molecule has 0 fully saturated rings. The average molecular weight is 253 g/mol. The summed E-state index contributed by atoms with van der Waals surface area (Å²) in [6.07, 6.45) is 4.23. The number of carbonyl (C=O) groups is 2. The van der Waals surface area contributed by atoms with Crippen molar-refractivity contribution in [1.29, 1.82) is 5.26 Å². The number of anilines is 1. The highest BCUT2D eigenvalue weighted by Gasteiger charge is 2.39. The standard InChI is InChI=1S/C12H7N5O2/c1-16-6-7(4-13)10(15-16)17-11(18)8-2-3-14-5-9(8)12(17)19/h2-3,5-6H,1H3. The Morgan fingerprint density at radius 1 is 1.26 bits per heavy atom. The summed E-state index contributed by atoms with van der Waals surface area (Å²) in [7, 11) is 1.62. The van der Waals surface area contributed by atoms with E-state index in [0.717, 1.165) is 4.90 Å². The number of imide groups is 1. The van der Waals surface area contributed by atoms with E-state index in [9.17, 15) is 9.59 Å². The Labute approximate surface area is 107 Å². The number of nitrogens with zero attached hydrogens (tertiary/aromatic N) is 5. The van der Waals surface area contributed by atoms with E-state index in [1.54, 1.807) is 7.05 Å². The molecule has 7 nitrogen and oxygen atoms in total. The van der Waals surface area contributed by atoms with E-state index in [4.69, 9.17) is 5.26 Å². The number of amides is 2. The van der Waals surface area contributed by atoms with Gasteiger partial charge in [0, 0.05) is 25.6 Å². The zero-order chi connectivity index (χ0) is 13.6. The molecule has 1 aliphatic rings. The highest BCUT2D eigenvalue weighted by Crippen LogP contribution is 2.28. The van der Waals surface area contributed by atoms with Crippen LogP contribution in [0, 0.1) is 11.3 Å². The van der Waals surface area contributed by atoms with Crippen LogP contribution in [0.3, 0.4) is 0 Å². The second-order valence-corrected chi connectivity index (χ2v) is 4.02. The van der Waals surface area contributed by atoms with E-state index in [1.807, 2.05) is 6.07 Å². The van der Waals surface area contributed by atoms with Gasteiger partial charge in [0.15, 0.2) is 5.82 Å². The normalized spacial score (nSPS) is 13.6.